The molecule has 5 nitrogen and oxygen atoms in total. The normalized spacial score (nSPS) is 11.1. The Hall–Kier alpha value is -1.79. The molecule has 0 fully saturated rings. The van der Waals surface area contributed by atoms with Crippen molar-refractivity contribution in [2.75, 3.05) is 0 Å². The number of nitrogens with zero attached hydrogens (tertiary/aromatic N) is 4. The van der Waals surface area contributed by atoms with Gasteiger partial charge in [-0.1, -0.05) is 6.07 Å². The van der Waals surface area contributed by atoms with Crippen molar-refractivity contribution in [2.45, 2.75) is 13.1 Å². The van der Waals surface area contributed by atoms with Gasteiger partial charge in [0.25, 0.3) is 0 Å². The van der Waals surface area contributed by atoms with Crippen LogP contribution >= 0.6 is 11.3 Å². The average molecular weight is 245 g/mol. The number of hydrogen-bond acceptors (Lipinski definition) is 5. The van der Waals surface area contributed by atoms with Crippen LogP contribution in [0.15, 0.2) is 35.3 Å². The highest BCUT2D eigenvalue weighted by atomic mass is 32.1. The molecule has 17 heavy (non-hydrogen) atoms. The maximum absolute atomic E-state index is 4.21. The first-order valence-electron chi connectivity index (χ1n) is 5.30. The molecular weight excluding hydrogens is 234 g/mol. The topological polar surface area (TPSA) is 55.1 Å². The van der Waals surface area contributed by atoms with E-state index in [4.69, 9.17) is 0 Å². The minimum Gasteiger partial charge on any atom is -0.304 e. The third-order valence-corrected chi connectivity index (χ3v) is 3.09. The van der Waals surface area contributed by atoms with Crippen molar-refractivity contribution in [3.05, 3.63) is 46.8 Å². The van der Waals surface area contributed by atoms with Crippen LogP contribution in [-0.2, 0) is 13.1 Å². The van der Waals surface area contributed by atoms with Gasteiger partial charge in [-0.25, -0.2) is 4.98 Å². The third-order valence-electron chi connectivity index (χ3n) is 2.46. The molecule has 86 valence electrons. The molecule has 0 aliphatic carbocycles. The second-order valence-electron chi connectivity index (χ2n) is 3.63. The van der Waals surface area contributed by atoms with Gasteiger partial charge >= 0.3 is 0 Å². The fourth-order valence-electron chi connectivity index (χ4n) is 1.64. The van der Waals surface area contributed by atoms with Crippen molar-refractivity contribution in [2.24, 2.45) is 0 Å². The average Bonchev–Trinajstić information content (AvgIpc) is 2.99. The van der Waals surface area contributed by atoms with E-state index in [1.807, 2.05) is 39.7 Å². The molecule has 0 radical (unpaired) electrons. The van der Waals surface area contributed by atoms with Gasteiger partial charge in [0.05, 0.1) is 17.7 Å². The van der Waals surface area contributed by atoms with Crippen LogP contribution in [0.3, 0.4) is 0 Å². The number of nitrogens with one attached hydrogen (secondary N) is 1. The molecule has 0 aliphatic rings. The van der Waals surface area contributed by atoms with Crippen LogP contribution in [0.5, 0.6) is 0 Å². The first-order valence-corrected chi connectivity index (χ1v) is 6.24. The number of rotatable bonds is 4. The smallest absolute Gasteiger partial charge is 0.160 e. The van der Waals surface area contributed by atoms with Gasteiger partial charge < -0.3 is 5.32 Å². The second-order valence-corrected chi connectivity index (χ2v) is 4.35. The van der Waals surface area contributed by atoms with E-state index in [0.717, 1.165) is 23.7 Å². The van der Waals surface area contributed by atoms with Crippen LogP contribution < -0.4 is 5.32 Å². The summed E-state index contributed by atoms with van der Waals surface area (Å²) in [4.78, 5) is 4.21. The summed E-state index contributed by atoms with van der Waals surface area (Å²) in [6.45, 7) is 1.44. The predicted molar refractivity (Wildman–Crippen MR) is 65.6 cm³/mol. The summed E-state index contributed by atoms with van der Waals surface area (Å²) < 4.78 is 1.98. The molecule has 0 spiro atoms. The van der Waals surface area contributed by atoms with Gasteiger partial charge in [-0.3, -0.25) is 4.40 Å². The molecule has 0 amide bonds. The maximum atomic E-state index is 4.21. The maximum Gasteiger partial charge on any atom is 0.160 e. The van der Waals surface area contributed by atoms with Gasteiger partial charge in [0.1, 0.15) is 0 Å². The molecule has 0 saturated heterocycles. The number of aromatic nitrogens is 4. The largest absolute Gasteiger partial charge is 0.304 e. The lowest BCUT2D eigenvalue weighted by Crippen LogP contribution is -2.15. The first kappa shape index (κ1) is 10.4. The van der Waals surface area contributed by atoms with E-state index < -0.39 is 0 Å². The predicted octanol–water partition coefficient (Wildman–Crippen LogP) is 1.48. The molecule has 0 unspecified atom stereocenters. The van der Waals surface area contributed by atoms with Crippen molar-refractivity contribution in [3.63, 3.8) is 0 Å². The summed E-state index contributed by atoms with van der Waals surface area (Å²) in [5, 5.41) is 13.6. The highest BCUT2D eigenvalue weighted by molar-refractivity contribution is 7.07. The van der Waals surface area contributed by atoms with Crippen molar-refractivity contribution < 1.29 is 0 Å². The van der Waals surface area contributed by atoms with Gasteiger partial charge in [-0.2, -0.15) is 0 Å². The highest BCUT2D eigenvalue weighted by Crippen LogP contribution is 2.03. The third kappa shape index (κ3) is 2.17. The molecule has 6 heteroatoms. The summed E-state index contributed by atoms with van der Waals surface area (Å²) >= 11 is 1.61. The number of fused-ring (bicyclic) bond motifs is 1. The van der Waals surface area contributed by atoms with Crippen LogP contribution in [0.2, 0.25) is 0 Å². The quantitative estimate of drug-likeness (QED) is 0.756. The molecule has 0 aliphatic heterocycles. The van der Waals surface area contributed by atoms with Gasteiger partial charge in [0, 0.05) is 18.1 Å². The minimum atomic E-state index is 0.683. The molecule has 3 rings (SSSR count). The lowest BCUT2D eigenvalue weighted by molar-refractivity contribution is 0.649. The Morgan fingerprint density at radius 1 is 1.24 bits per heavy atom. The summed E-state index contributed by atoms with van der Waals surface area (Å²) in [6.07, 6.45) is 1.97. The summed E-state index contributed by atoms with van der Waals surface area (Å²) in [7, 11) is 0. The molecule has 3 heterocycles. The molecule has 0 saturated carbocycles. The second kappa shape index (κ2) is 4.60. The van der Waals surface area contributed by atoms with E-state index >= 15 is 0 Å². The van der Waals surface area contributed by atoms with Crippen molar-refractivity contribution in [1.82, 2.24) is 24.9 Å². The van der Waals surface area contributed by atoms with Crippen LogP contribution in [0.25, 0.3) is 5.65 Å². The molecular formula is C11H11N5S. The zero-order valence-corrected chi connectivity index (χ0v) is 9.89. The first-order chi connectivity index (χ1) is 8.43. The van der Waals surface area contributed by atoms with Crippen LogP contribution in [0.1, 0.15) is 11.5 Å². The van der Waals surface area contributed by atoms with E-state index in [-0.39, 0.29) is 0 Å². The lowest BCUT2D eigenvalue weighted by Gasteiger charge is -2.01. The van der Waals surface area contributed by atoms with E-state index in [0.29, 0.717) is 6.54 Å². The Morgan fingerprint density at radius 2 is 2.24 bits per heavy atom. The Kier molecular flexibility index (Phi) is 2.81. The zero-order chi connectivity index (χ0) is 11.5. The standard InChI is InChI=1S/C11H11N5S/c1-2-4-16-10(3-1)14-15-11(16)6-12-5-9-7-17-8-13-9/h1-4,7-8,12H,5-6H2. The molecule has 0 atom stereocenters. The molecule has 3 aromatic heterocycles. The van der Waals surface area contributed by atoms with Crippen molar-refractivity contribution >= 4 is 17.0 Å². The number of pyridine rings is 1. The van der Waals surface area contributed by atoms with Crippen LogP contribution in [0.4, 0.5) is 0 Å². The van der Waals surface area contributed by atoms with Crippen molar-refractivity contribution in [1.29, 1.82) is 0 Å². The summed E-state index contributed by atoms with van der Waals surface area (Å²) in [5.41, 5.74) is 3.77. The van der Waals surface area contributed by atoms with Gasteiger partial charge in [0.15, 0.2) is 11.5 Å². The van der Waals surface area contributed by atoms with E-state index in [9.17, 15) is 0 Å². The fourth-order valence-corrected chi connectivity index (χ4v) is 2.20. The number of hydrogen-bond donors (Lipinski definition) is 1. The van der Waals surface area contributed by atoms with Crippen LogP contribution in [-0.4, -0.2) is 19.6 Å². The lowest BCUT2D eigenvalue weighted by atomic mass is 10.4. The van der Waals surface area contributed by atoms with Gasteiger partial charge in [-0.15, -0.1) is 21.5 Å². The molecule has 0 bridgehead atoms. The Labute approximate surface area is 102 Å². The van der Waals surface area contributed by atoms with Gasteiger partial charge in [0.2, 0.25) is 0 Å². The van der Waals surface area contributed by atoms with Gasteiger partial charge in [-0.05, 0) is 12.1 Å². The molecule has 0 aromatic carbocycles. The SMILES string of the molecule is c1ccn2c(CNCc3cscn3)nnc2c1. The monoisotopic (exact) mass is 245 g/mol. The van der Waals surface area contributed by atoms with E-state index in [1.165, 1.54) is 0 Å². The van der Waals surface area contributed by atoms with Crippen LogP contribution in [0, 0.1) is 0 Å². The number of thiazole rings is 1. The molecule has 1 N–H and O–H groups in total. The Balaban J connectivity index is 1.69. The molecule has 3 aromatic rings. The highest BCUT2D eigenvalue weighted by Gasteiger charge is 2.03. The van der Waals surface area contributed by atoms with E-state index in [2.05, 4.69) is 20.5 Å². The minimum absolute atomic E-state index is 0.683. The fraction of sp³-hybridized carbons (Fsp3) is 0.182. The summed E-state index contributed by atoms with van der Waals surface area (Å²) in [6, 6.07) is 5.87. The summed E-state index contributed by atoms with van der Waals surface area (Å²) in [5.74, 6) is 0.913. The Morgan fingerprint density at radius 3 is 3.12 bits per heavy atom. The Bertz CT molecular complexity index is 601. The van der Waals surface area contributed by atoms with E-state index in [1.54, 1.807) is 11.3 Å². The van der Waals surface area contributed by atoms with Crippen molar-refractivity contribution in [3.8, 4) is 0 Å². The zero-order valence-electron chi connectivity index (χ0n) is 9.08.